The summed E-state index contributed by atoms with van der Waals surface area (Å²) in [4.78, 5) is 7.38. The number of fused-ring (bicyclic) bond motifs is 1. The van der Waals surface area contributed by atoms with Crippen molar-refractivity contribution in [1.29, 1.82) is 0 Å². The molecule has 0 saturated heterocycles. The van der Waals surface area contributed by atoms with Gasteiger partial charge in [0.2, 0.25) is 0 Å². The van der Waals surface area contributed by atoms with E-state index in [0.717, 1.165) is 64.4 Å². The predicted molar refractivity (Wildman–Crippen MR) is 157 cm³/mol. The molecule has 2 aromatic carbocycles. The van der Waals surface area contributed by atoms with Gasteiger partial charge >= 0.3 is 0 Å². The van der Waals surface area contributed by atoms with E-state index in [0.29, 0.717) is 0 Å². The fourth-order valence-electron chi connectivity index (χ4n) is 4.14. The molecule has 186 valence electrons. The lowest BCUT2D eigenvalue weighted by atomic mass is 10.0. The van der Waals surface area contributed by atoms with E-state index in [1.54, 1.807) is 0 Å². The molecule has 5 heteroatoms. The molecule has 0 aliphatic rings. The van der Waals surface area contributed by atoms with Gasteiger partial charge in [-0.15, -0.1) is 0 Å². The normalized spacial score (nSPS) is 12.0. The smallest absolute Gasteiger partial charge is 0.0730 e. The van der Waals surface area contributed by atoms with Crippen molar-refractivity contribution in [2.75, 3.05) is 32.9 Å². The molecule has 0 saturated carbocycles. The van der Waals surface area contributed by atoms with Crippen LogP contribution in [0, 0.1) is 6.92 Å². The van der Waals surface area contributed by atoms with E-state index in [1.807, 2.05) is 24.9 Å². The van der Waals surface area contributed by atoms with Crippen molar-refractivity contribution in [2.45, 2.75) is 38.4 Å². The Morgan fingerprint density at radius 2 is 1.89 bits per heavy atom. The van der Waals surface area contributed by atoms with Gasteiger partial charge in [-0.05, 0) is 56.3 Å². The molecule has 0 radical (unpaired) electrons. The summed E-state index contributed by atoms with van der Waals surface area (Å²) < 4.78 is 0. The number of halogens is 1. The van der Waals surface area contributed by atoms with Gasteiger partial charge in [-0.1, -0.05) is 80.1 Å². The average molecular weight is 508 g/mol. The number of allylic oxidation sites excluding steroid dienone is 1. The molecule has 0 amide bonds. The summed E-state index contributed by atoms with van der Waals surface area (Å²) in [5.74, 6) is 0. The van der Waals surface area contributed by atoms with Crippen molar-refractivity contribution in [2.24, 2.45) is 0 Å². The molecule has 0 spiro atoms. The summed E-state index contributed by atoms with van der Waals surface area (Å²) in [6.07, 6.45) is 5.54. The summed E-state index contributed by atoms with van der Waals surface area (Å²) in [6, 6.07) is 16.7. The Bertz CT molecular complexity index is 1160. The Hall–Kier alpha value is -2.27. The lowest BCUT2D eigenvalue weighted by Crippen LogP contribution is -2.35. The quantitative estimate of drug-likeness (QED) is 0.255. The fraction of sp³-hybridized carbons (Fsp3) is 0.367. The number of rotatable bonds is 13. The van der Waals surface area contributed by atoms with Crippen LogP contribution in [0.25, 0.3) is 27.7 Å². The van der Waals surface area contributed by atoms with Crippen LogP contribution in [0.15, 0.2) is 67.4 Å². The maximum Gasteiger partial charge on any atom is 0.0730 e. The molecule has 1 aromatic heterocycles. The van der Waals surface area contributed by atoms with Gasteiger partial charge in [-0.25, -0.2) is 4.98 Å². The highest BCUT2D eigenvalue weighted by Gasteiger charge is 2.19. The van der Waals surface area contributed by atoms with Gasteiger partial charge in [0.15, 0.2) is 0 Å². The highest BCUT2D eigenvalue weighted by molar-refractivity contribution is 7.99. The highest BCUT2D eigenvalue weighted by Crippen LogP contribution is 2.33. The summed E-state index contributed by atoms with van der Waals surface area (Å²) in [5.41, 5.74) is 7.50. The van der Waals surface area contributed by atoms with Gasteiger partial charge in [0.05, 0.1) is 16.2 Å². The standard InChI is InChI=1S/C30H38ClN3S/c1-7-8-9-22(3)34(17-16-32-5)20-30(35-6)23(4)25-14-15-26-27(31)19-28(33-29(26)18-25)24-12-10-21(2)11-13-24/h10-15,18-19,30,32H,3-4,7-9,16-17,20H2,1-2,5-6H3. The third-order valence-corrected chi connectivity index (χ3v) is 7.75. The number of nitrogens with zero attached hydrogens (tertiary/aromatic N) is 2. The fourth-order valence-corrected chi connectivity index (χ4v) is 5.15. The molecule has 0 aliphatic heterocycles. The van der Waals surface area contributed by atoms with Crippen LogP contribution in [-0.4, -0.2) is 48.1 Å². The SMILES string of the molecule is C=C(c1ccc2c(Cl)cc(-c3ccc(C)cc3)nc2c1)C(CN(CCNC)C(=C)CCCC)SC. The Balaban J connectivity index is 1.88. The Labute approximate surface area is 220 Å². The first kappa shape index (κ1) is 27.3. The van der Waals surface area contributed by atoms with Crippen LogP contribution in [0.5, 0.6) is 0 Å². The van der Waals surface area contributed by atoms with E-state index < -0.39 is 0 Å². The first-order valence-electron chi connectivity index (χ1n) is 12.3. The van der Waals surface area contributed by atoms with Crippen molar-refractivity contribution in [3.05, 3.63) is 83.5 Å². The van der Waals surface area contributed by atoms with Gasteiger partial charge in [0.1, 0.15) is 0 Å². The van der Waals surface area contributed by atoms with Crippen molar-refractivity contribution >= 4 is 39.8 Å². The van der Waals surface area contributed by atoms with Crippen molar-refractivity contribution in [1.82, 2.24) is 15.2 Å². The summed E-state index contributed by atoms with van der Waals surface area (Å²) in [6.45, 7) is 16.0. The van der Waals surface area contributed by atoms with E-state index in [4.69, 9.17) is 16.6 Å². The minimum atomic E-state index is 0.249. The van der Waals surface area contributed by atoms with Gasteiger partial charge < -0.3 is 10.2 Å². The summed E-state index contributed by atoms with van der Waals surface area (Å²) >= 11 is 8.51. The predicted octanol–water partition coefficient (Wildman–Crippen LogP) is 7.83. The number of hydrogen-bond donors (Lipinski definition) is 1. The van der Waals surface area contributed by atoms with Crippen LogP contribution >= 0.6 is 23.4 Å². The second-order valence-electron chi connectivity index (χ2n) is 9.06. The number of thioether (sulfide) groups is 1. The topological polar surface area (TPSA) is 28.2 Å². The van der Waals surface area contributed by atoms with Gasteiger partial charge in [0, 0.05) is 41.5 Å². The van der Waals surface area contributed by atoms with Crippen LogP contribution < -0.4 is 5.32 Å². The van der Waals surface area contributed by atoms with Crippen LogP contribution in [0.4, 0.5) is 0 Å². The largest absolute Gasteiger partial charge is 0.373 e. The third kappa shape index (κ3) is 7.13. The monoisotopic (exact) mass is 507 g/mol. The Kier molecular flexibility index (Phi) is 10.3. The second-order valence-corrected chi connectivity index (χ2v) is 10.5. The molecule has 1 atom stereocenters. The molecule has 1 heterocycles. The van der Waals surface area contributed by atoms with E-state index in [2.05, 4.69) is 85.9 Å². The molecule has 0 bridgehead atoms. The molecular weight excluding hydrogens is 470 g/mol. The average Bonchev–Trinajstić information content (AvgIpc) is 2.87. The number of pyridine rings is 1. The molecule has 35 heavy (non-hydrogen) atoms. The number of benzene rings is 2. The van der Waals surface area contributed by atoms with E-state index in [-0.39, 0.29) is 5.25 Å². The number of aromatic nitrogens is 1. The number of hydrogen-bond acceptors (Lipinski definition) is 4. The minimum absolute atomic E-state index is 0.249. The van der Waals surface area contributed by atoms with Gasteiger partial charge in [0.25, 0.3) is 0 Å². The van der Waals surface area contributed by atoms with E-state index in [1.165, 1.54) is 24.1 Å². The lowest BCUT2D eigenvalue weighted by Gasteiger charge is -2.31. The Morgan fingerprint density at radius 3 is 2.54 bits per heavy atom. The van der Waals surface area contributed by atoms with Crippen molar-refractivity contribution in [3.63, 3.8) is 0 Å². The minimum Gasteiger partial charge on any atom is -0.373 e. The van der Waals surface area contributed by atoms with Crippen molar-refractivity contribution < 1.29 is 0 Å². The maximum absolute atomic E-state index is 6.67. The van der Waals surface area contributed by atoms with Crippen LogP contribution in [0.2, 0.25) is 5.02 Å². The van der Waals surface area contributed by atoms with E-state index >= 15 is 0 Å². The second kappa shape index (κ2) is 13.2. The zero-order valence-corrected chi connectivity index (χ0v) is 23.1. The molecule has 1 unspecified atom stereocenters. The van der Waals surface area contributed by atoms with Crippen LogP contribution in [0.3, 0.4) is 0 Å². The summed E-state index contributed by atoms with van der Waals surface area (Å²) in [5, 5.41) is 5.20. The number of aryl methyl sites for hydroxylation is 1. The number of unbranched alkanes of at least 4 members (excludes halogenated alkanes) is 1. The first-order valence-corrected chi connectivity index (χ1v) is 14.0. The molecule has 0 aliphatic carbocycles. The molecular formula is C30H38ClN3S. The van der Waals surface area contributed by atoms with E-state index in [9.17, 15) is 0 Å². The third-order valence-electron chi connectivity index (χ3n) is 6.43. The Morgan fingerprint density at radius 1 is 1.14 bits per heavy atom. The first-order chi connectivity index (χ1) is 16.9. The summed E-state index contributed by atoms with van der Waals surface area (Å²) in [7, 11) is 2.00. The molecule has 3 rings (SSSR count). The lowest BCUT2D eigenvalue weighted by molar-refractivity contribution is 0.342. The van der Waals surface area contributed by atoms with Gasteiger partial charge in [-0.3, -0.25) is 0 Å². The van der Waals surface area contributed by atoms with Crippen molar-refractivity contribution in [3.8, 4) is 11.3 Å². The molecule has 1 N–H and O–H groups in total. The molecule has 3 aromatic rings. The zero-order chi connectivity index (χ0) is 25.4. The van der Waals surface area contributed by atoms with Gasteiger partial charge in [-0.2, -0.15) is 11.8 Å². The molecule has 0 fully saturated rings. The molecule has 3 nitrogen and oxygen atoms in total. The zero-order valence-electron chi connectivity index (χ0n) is 21.5. The van der Waals surface area contributed by atoms with Crippen LogP contribution in [-0.2, 0) is 0 Å². The number of likely N-dealkylation sites (N-methyl/N-ethyl adjacent to an activating group) is 1. The van der Waals surface area contributed by atoms with Crippen LogP contribution in [0.1, 0.15) is 37.3 Å². The maximum atomic E-state index is 6.67. The number of nitrogens with one attached hydrogen (secondary N) is 1. The highest BCUT2D eigenvalue weighted by atomic mass is 35.5.